The van der Waals surface area contributed by atoms with E-state index in [0.29, 0.717) is 6.07 Å². The highest BCUT2D eigenvalue weighted by Gasteiger charge is 2.39. The first-order valence-corrected chi connectivity index (χ1v) is 9.77. The number of carboxylic acids is 1. The van der Waals surface area contributed by atoms with Crippen LogP contribution >= 0.6 is 0 Å². The average Bonchev–Trinajstić information content (AvgIpc) is 3.21. The first kappa shape index (κ1) is 25.3. The van der Waals surface area contributed by atoms with Gasteiger partial charge in [0.2, 0.25) is 0 Å². The van der Waals surface area contributed by atoms with Gasteiger partial charge in [0.05, 0.1) is 30.0 Å². The number of amidine groups is 1. The predicted molar refractivity (Wildman–Crippen MR) is 107 cm³/mol. The number of nitrogens with two attached hydrogens (primary N) is 1. The van der Waals surface area contributed by atoms with Gasteiger partial charge in [0.25, 0.3) is 0 Å². The number of aromatic amines is 1. The minimum absolute atomic E-state index is 0.157. The summed E-state index contributed by atoms with van der Waals surface area (Å²) in [5.41, 5.74) is 0.971. The van der Waals surface area contributed by atoms with E-state index < -0.39 is 46.9 Å². The number of aromatic carboxylic acids is 1. The number of carboxylic acid groups (broad SMARTS) is 1. The zero-order valence-electron chi connectivity index (χ0n) is 17.6. The van der Waals surface area contributed by atoms with Crippen LogP contribution in [0.15, 0.2) is 23.3 Å². The highest BCUT2D eigenvalue weighted by molar-refractivity contribution is 6.01. The minimum Gasteiger partial charge on any atom is -0.478 e. The van der Waals surface area contributed by atoms with Gasteiger partial charge in [-0.15, -0.1) is 0 Å². The third-order valence-electron chi connectivity index (χ3n) is 4.96. The van der Waals surface area contributed by atoms with Crippen LogP contribution in [0.3, 0.4) is 0 Å². The second-order valence-corrected chi connectivity index (χ2v) is 7.21. The maximum atomic E-state index is 13.6. The smallest absolute Gasteiger partial charge is 0.432 e. The third kappa shape index (κ3) is 5.41. The van der Waals surface area contributed by atoms with Gasteiger partial charge in [-0.25, -0.2) is 14.8 Å². The van der Waals surface area contributed by atoms with E-state index >= 15 is 0 Å². The molecule has 0 bridgehead atoms. The lowest BCUT2D eigenvalue weighted by atomic mass is 10.1. The molecule has 0 saturated carbocycles. The zero-order chi connectivity index (χ0) is 25.3. The Labute approximate surface area is 188 Å². The molecule has 1 unspecified atom stereocenters. The molecule has 0 radical (unpaired) electrons. The zero-order valence-corrected chi connectivity index (χ0v) is 17.6. The molecule has 1 saturated heterocycles. The molecule has 1 atom stereocenters. The molecule has 0 aromatic carbocycles. The van der Waals surface area contributed by atoms with Gasteiger partial charge in [0.15, 0.2) is 0 Å². The molecule has 0 aliphatic carbocycles. The second-order valence-electron chi connectivity index (χ2n) is 7.21. The topological polar surface area (TPSA) is 129 Å². The Balaban J connectivity index is 2.19. The number of pyridine rings is 1. The fourth-order valence-electron chi connectivity index (χ4n) is 3.42. The summed E-state index contributed by atoms with van der Waals surface area (Å²) in [5, 5.41) is 11.8. The lowest BCUT2D eigenvalue weighted by Gasteiger charge is -2.30. The van der Waals surface area contributed by atoms with Crippen LogP contribution in [0.4, 0.5) is 32.2 Å². The summed E-state index contributed by atoms with van der Waals surface area (Å²) in [6.45, 7) is 0.673. The molecular weight excluding hydrogens is 474 g/mol. The van der Waals surface area contributed by atoms with E-state index in [1.807, 2.05) is 4.98 Å². The summed E-state index contributed by atoms with van der Waals surface area (Å²) >= 11 is 0. The van der Waals surface area contributed by atoms with Crippen molar-refractivity contribution in [3.8, 4) is 0 Å². The molecule has 5 N–H and O–H groups in total. The average molecular weight is 494 g/mol. The van der Waals surface area contributed by atoms with Crippen molar-refractivity contribution in [3.05, 3.63) is 46.4 Å². The van der Waals surface area contributed by atoms with E-state index in [4.69, 9.17) is 10.5 Å². The Morgan fingerprint density at radius 3 is 2.38 bits per heavy atom. The maximum absolute atomic E-state index is 13.6. The van der Waals surface area contributed by atoms with Crippen molar-refractivity contribution in [2.24, 2.45) is 4.99 Å². The van der Waals surface area contributed by atoms with Gasteiger partial charge in [-0.1, -0.05) is 0 Å². The number of nitrogens with one attached hydrogen (secondary N) is 2. The van der Waals surface area contributed by atoms with Gasteiger partial charge >= 0.3 is 18.3 Å². The van der Waals surface area contributed by atoms with Gasteiger partial charge in [0, 0.05) is 24.8 Å². The van der Waals surface area contributed by atoms with Crippen LogP contribution in [0, 0.1) is 0 Å². The Hall–Kier alpha value is -3.33. The quantitative estimate of drug-likeness (QED) is 0.286. The number of nitrogens with zero attached hydrogens (tertiary/aromatic N) is 3. The Morgan fingerprint density at radius 1 is 1.24 bits per heavy atom. The molecule has 3 rings (SSSR count). The van der Waals surface area contributed by atoms with Gasteiger partial charge in [-0.2, -0.15) is 26.3 Å². The number of hydrogen-bond acceptors (Lipinski definition) is 6. The summed E-state index contributed by atoms with van der Waals surface area (Å²) < 4.78 is 86.4. The Kier molecular flexibility index (Phi) is 7.07. The van der Waals surface area contributed by atoms with Crippen LogP contribution < -0.4 is 11.1 Å². The SMILES string of the molecule is CNC(N=C(c1cc(C(=O)O)c(C(F)(F)F)[nH]1)N1CCOCC1)c1cnc(N)cc1C(F)(F)F. The van der Waals surface area contributed by atoms with E-state index in [1.54, 1.807) is 0 Å². The highest BCUT2D eigenvalue weighted by Crippen LogP contribution is 2.36. The molecule has 1 aliphatic heterocycles. The summed E-state index contributed by atoms with van der Waals surface area (Å²) in [5.74, 6) is -2.39. The molecule has 9 nitrogen and oxygen atoms in total. The lowest BCUT2D eigenvalue weighted by Crippen LogP contribution is -2.42. The number of anilines is 1. The molecule has 15 heteroatoms. The third-order valence-corrected chi connectivity index (χ3v) is 4.96. The molecular formula is C19H20F6N6O3. The maximum Gasteiger partial charge on any atom is 0.432 e. The number of hydrogen-bond donors (Lipinski definition) is 4. The number of morpholine rings is 1. The number of alkyl halides is 6. The molecule has 1 aliphatic rings. The van der Waals surface area contributed by atoms with E-state index in [-0.39, 0.29) is 43.7 Å². The number of rotatable bonds is 5. The standard InChI is InChI=1S/C19H20F6N6O3/c1-27-15(10-8-28-13(26)7-11(10)18(20,21)22)30-16(31-2-4-34-5-3-31)12-6-9(17(32)33)14(29-12)19(23,24)25/h6-8,15,27,29H,2-5H2,1H3,(H2,26,28)(H,32,33). The van der Waals surface area contributed by atoms with Crippen LogP contribution in [0.2, 0.25) is 0 Å². The summed E-state index contributed by atoms with van der Waals surface area (Å²) in [6, 6.07) is 1.38. The molecule has 2 aromatic heterocycles. The molecule has 34 heavy (non-hydrogen) atoms. The largest absolute Gasteiger partial charge is 0.478 e. The summed E-state index contributed by atoms with van der Waals surface area (Å²) in [4.78, 5) is 22.9. The number of aromatic nitrogens is 2. The fourth-order valence-corrected chi connectivity index (χ4v) is 3.42. The van der Waals surface area contributed by atoms with Crippen LogP contribution in [0.25, 0.3) is 0 Å². The van der Waals surface area contributed by atoms with Crippen LogP contribution in [0.1, 0.15) is 39.0 Å². The fraction of sp³-hybridized carbons (Fsp3) is 0.421. The number of aliphatic imine (C=N–C) groups is 1. The monoisotopic (exact) mass is 494 g/mol. The van der Waals surface area contributed by atoms with Gasteiger partial charge < -0.3 is 25.5 Å². The van der Waals surface area contributed by atoms with Crippen molar-refractivity contribution in [2.75, 3.05) is 39.1 Å². The van der Waals surface area contributed by atoms with E-state index in [9.17, 15) is 36.2 Å². The number of nitrogen functional groups attached to an aromatic ring is 1. The van der Waals surface area contributed by atoms with E-state index in [1.165, 1.54) is 11.9 Å². The molecule has 3 heterocycles. The van der Waals surface area contributed by atoms with Crippen LogP contribution in [0.5, 0.6) is 0 Å². The Bertz CT molecular complexity index is 1080. The van der Waals surface area contributed by atoms with Crippen molar-refractivity contribution < 1.29 is 41.0 Å². The molecule has 0 amide bonds. The van der Waals surface area contributed by atoms with Gasteiger partial charge in [0.1, 0.15) is 23.5 Å². The van der Waals surface area contributed by atoms with Crippen molar-refractivity contribution in [1.82, 2.24) is 20.2 Å². The first-order chi connectivity index (χ1) is 15.8. The van der Waals surface area contributed by atoms with Crippen molar-refractivity contribution in [3.63, 3.8) is 0 Å². The molecule has 2 aromatic rings. The molecule has 1 fully saturated rings. The molecule has 0 spiro atoms. The number of halogens is 6. The number of ether oxygens (including phenoxy) is 1. The van der Waals surface area contributed by atoms with E-state index in [2.05, 4.69) is 15.3 Å². The van der Waals surface area contributed by atoms with Crippen molar-refractivity contribution in [1.29, 1.82) is 0 Å². The second kappa shape index (κ2) is 9.50. The van der Waals surface area contributed by atoms with Crippen molar-refractivity contribution in [2.45, 2.75) is 18.5 Å². The number of carbonyl (C=O) groups is 1. The normalized spacial score (nSPS) is 16.6. The first-order valence-electron chi connectivity index (χ1n) is 9.77. The number of H-pyrrole nitrogens is 1. The minimum atomic E-state index is -5.02. The summed E-state index contributed by atoms with van der Waals surface area (Å²) in [6.07, 6.45) is -10.4. The predicted octanol–water partition coefficient (Wildman–Crippen LogP) is 2.72. The van der Waals surface area contributed by atoms with Crippen LogP contribution in [-0.2, 0) is 17.1 Å². The van der Waals surface area contributed by atoms with Crippen molar-refractivity contribution >= 4 is 17.6 Å². The summed E-state index contributed by atoms with van der Waals surface area (Å²) in [7, 11) is 1.31. The highest BCUT2D eigenvalue weighted by atomic mass is 19.4. The Morgan fingerprint density at radius 2 is 1.88 bits per heavy atom. The lowest BCUT2D eigenvalue weighted by molar-refractivity contribution is -0.141. The molecule has 186 valence electrons. The van der Waals surface area contributed by atoms with E-state index in [0.717, 1.165) is 12.3 Å². The van der Waals surface area contributed by atoms with Gasteiger partial charge in [-0.3, -0.25) is 5.32 Å². The van der Waals surface area contributed by atoms with Crippen LogP contribution in [-0.4, -0.2) is 65.1 Å². The van der Waals surface area contributed by atoms with Gasteiger partial charge in [-0.05, 0) is 19.2 Å².